The molecule has 0 unspecified atom stereocenters. The van der Waals surface area contributed by atoms with Gasteiger partial charge in [-0.1, -0.05) is 0 Å². The maximum Gasteiger partial charge on any atom is 0.200 e. The van der Waals surface area contributed by atoms with Crippen LogP contribution in [0.3, 0.4) is 0 Å². The number of hydrogen-bond donors (Lipinski definition) is 1. The molecule has 0 aromatic heterocycles. The lowest BCUT2D eigenvalue weighted by Gasteiger charge is -2.18. The molecule has 0 aliphatic heterocycles. The Bertz CT molecular complexity index is 438. The third kappa shape index (κ3) is 3.89. The van der Waals surface area contributed by atoms with Crippen LogP contribution in [0.25, 0.3) is 0 Å². The molecule has 1 N–H and O–H groups in total. The molecule has 2 nitrogen and oxygen atoms in total. The summed E-state index contributed by atoms with van der Waals surface area (Å²) in [6.07, 6.45) is 1.99. The molecule has 0 atom stereocenters. The van der Waals surface area contributed by atoms with Gasteiger partial charge in [0.25, 0.3) is 0 Å². The van der Waals surface area contributed by atoms with Gasteiger partial charge in [-0.15, -0.1) is 0 Å². The van der Waals surface area contributed by atoms with Crippen LogP contribution in [0.15, 0.2) is 0 Å². The van der Waals surface area contributed by atoms with Crippen LogP contribution >= 0.6 is 0 Å². The number of halogens is 5. The van der Waals surface area contributed by atoms with Crippen molar-refractivity contribution in [1.82, 2.24) is 4.90 Å². The molecule has 20 heavy (non-hydrogen) atoms. The van der Waals surface area contributed by atoms with Gasteiger partial charge in [-0.05, 0) is 32.9 Å². The van der Waals surface area contributed by atoms with E-state index in [9.17, 15) is 22.0 Å². The third-order valence-corrected chi connectivity index (χ3v) is 2.93. The van der Waals surface area contributed by atoms with Crippen LogP contribution in [0.1, 0.15) is 24.8 Å². The van der Waals surface area contributed by atoms with Crippen molar-refractivity contribution in [3.05, 3.63) is 34.6 Å². The van der Waals surface area contributed by atoms with E-state index in [2.05, 4.69) is 0 Å². The lowest BCUT2D eigenvalue weighted by molar-refractivity contribution is 0.266. The maximum atomic E-state index is 13.4. The Morgan fingerprint density at radius 3 is 1.80 bits per heavy atom. The highest BCUT2D eigenvalue weighted by Gasteiger charge is 2.25. The molecule has 1 rings (SSSR count). The maximum absolute atomic E-state index is 13.4. The summed E-state index contributed by atoms with van der Waals surface area (Å²) < 4.78 is 65.7. The van der Waals surface area contributed by atoms with Crippen molar-refractivity contribution in [2.24, 2.45) is 0 Å². The zero-order chi connectivity index (χ0) is 15.3. The van der Waals surface area contributed by atoms with Crippen molar-refractivity contribution >= 4 is 0 Å². The van der Waals surface area contributed by atoms with E-state index in [0.29, 0.717) is 19.4 Å². The summed E-state index contributed by atoms with van der Waals surface area (Å²) in [4.78, 5) is 1.47. The van der Waals surface area contributed by atoms with Gasteiger partial charge < -0.3 is 10.0 Å². The van der Waals surface area contributed by atoms with E-state index in [-0.39, 0.29) is 13.2 Å². The van der Waals surface area contributed by atoms with Crippen molar-refractivity contribution in [2.45, 2.75) is 25.8 Å². The lowest BCUT2D eigenvalue weighted by atomic mass is 10.1. The molecular formula is C13H16F5NO. The van der Waals surface area contributed by atoms with Crippen LogP contribution in [0.2, 0.25) is 0 Å². The number of hydrogen-bond acceptors (Lipinski definition) is 2. The zero-order valence-electron chi connectivity index (χ0n) is 11.0. The van der Waals surface area contributed by atoms with Crippen LogP contribution < -0.4 is 0 Å². The molecule has 0 fully saturated rings. The molecule has 0 amide bonds. The quantitative estimate of drug-likeness (QED) is 0.362. The van der Waals surface area contributed by atoms with E-state index in [1.165, 1.54) is 11.9 Å². The summed E-state index contributed by atoms with van der Waals surface area (Å²) >= 11 is 0. The molecule has 0 saturated carbocycles. The zero-order valence-corrected chi connectivity index (χ0v) is 11.0. The van der Waals surface area contributed by atoms with Crippen molar-refractivity contribution in [1.29, 1.82) is 0 Å². The molecule has 0 spiro atoms. The predicted molar refractivity (Wildman–Crippen MR) is 63.5 cm³/mol. The predicted octanol–water partition coefficient (Wildman–Crippen LogP) is 2.98. The summed E-state index contributed by atoms with van der Waals surface area (Å²) in [6, 6.07) is 0. The van der Waals surface area contributed by atoms with Crippen LogP contribution in [0.5, 0.6) is 0 Å². The first-order chi connectivity index (χ1) is 9.40. The molecule has 0 aliphatic carbocycles. The second-order valence-electron chi connectivity index (χ2n) is 4.57. The Hall–Kier alpha value is -1.21. The Labute approximate surface area is 113 Å². The van der Waals surface area contributed by atoms with Crippen molar-refractivity contribution in [3.8, 4) is 0 Å². The van der Waals surface area contributed by atoms with Crippen LogP contribution in [-0.4, -0.2) is 30.2 Å². The lowest BCUT2D eigenvalue weighted by Crippen LogP contribution is -2.22. The van der Waals surface area contributed by atoms with E-state index in [4.69, 9.17) is 5.11 Å². The normalized spacial score (nSPS) is 11.4. The summed E-state index contributed by atoms with van der Waals surface area (Å²) in [5, 5.41) is 8.59. The topological polar surface area (TPSA) is 23.5 Å². The highest BCUT2D eigenvalue weighted by Crippen LogP contribution is 2.23. The van der Waals surface area contributed by atoms with Crippen molar-refractivity contribution < 1.29 is 27.1 Å². The minimum absolute atomic E-state index is 0.0569. The number of unbranched alkanes of at least 4 members (excludes halogenated alkanes) is 2. The molecule has 7 heteroatoms. The summed E-state index contributed by atoms with van der Waals surface area (Å²) in [5.74, 6) is -9.57. The fraction of sp³-hybridized carbons (Fsp3) is 0.538. The Kier molecular flexibility index (Phi) is 6.35. The van der Waals surface area contributed by atoms with Gasteiger partial charge in [-0.2, -0.15) is 0 Å². The summed E-state index contributed by atoms with van der Waals surface area (Å²) in [7, 11) is 1.52. The minimum Gasteiger partial charge on any atom is -0.396 e. The van der Waals surface area contributed by atoms with E-state index in [1.807, 2.05) is 0 Å². The molecule has 0 heterocycles. The molecule has 1 aromatic rings. The molecule has 0 bridgehead atoms. The Morgan fingerprint density at radius 1 is 0.800 bits per heavy atom. The highest BCUT2D eigenvalue weighted by molar-refractivity contribution is 5.23. The fourth-order valence-electron chi connectivity index (χ4n) is 1.81. The van der Waals surface area contributed by atoms with Gasteiger partial charge in [-0.25, -0.2) is 22.0 Å². The SMILES string of the molecule is CN(CCCCCO)Cc1c(F)c(F)c(F)c(F)c1F. The van der Waals surface area contributed by atoms with Gasteiger partial charge in [0.2, 0.25) is 5.82 Å². The molecule has 0 saturated heterocycles. The van der Waals surface area contributed by atoms with Gasteiger partial charge in [0.05, 0.1) is 0 Å². The third-order valence-electron chi connectivity index (χ3n) is 2.93. The van der Waals surface area contributed by atoms with Crippen LogP contribution in [0.4, 0.5) is 22.0 Å². The van der Waals surface area contributed by atoms with Gasteiger partial charge in [-0.3, -0.25) is 0 Å². The monoisotopic (exact) mass is 297 g/mol. The number of benzene rings is 1. The van der Waals surface area contributed by atoms with E-state index >= 15 is 0 Å². The Morgan fingerprint density at radius 2 is 1.30 bits per heavy atom. The van der Waals surface area contributed by atoms with Crippen LogP contribution in [0, 0.1) is 29.1 Å². The molecule has 0 radical (unpaired) electrons. The summed E-state index contributed by atoms with van der Waals surface area (Å²) in [5.41, 5.74) is -0.828. The first-order valence-electron chi connectivity index (χ1n) is 6.19. The van der Waals surface area contributed by atoms with E-state index < -0.39 is 34.6 Å². The van der Waals surface area contributed by atoms with E-state index in [0.717, 1.165) is 6.42 Å². The first-order valence-corrected chi connectivity index (χ1v) is 6.19. The van der Waals surface area contributed by atoms with E-state index in [1.54, 1.807) is 0 Å². The smallest absolute Gasteiger partial charge is 0.200 e. The molecule has 1 aromatic carbocycles. The average molecular weight is 297 g/mol. The fourth-order valence-corrected chi connectivity index (χ4v) is 1.81. The molecule has 0 aliphatic rings. The number of aliphatic hydroxyl groups excluding tert-OH is 1. The van der Waals surface area contributed by atoms with Crippen LogP contribution in [-0.2, 0) is 6.54 Å². The first kappa shape index (κ1) is 16.8. The largest absolute Gasteiger partial charge is 0.396 e. The average Bonchev–Trinajstić information content (AvgIpc) is 2.44. The number of aliphatic hydroxyl groups is 1. The standard InChI is InChI=1S/C13H16F5NO/c1-19(5-3-2-4-6-20)7-8-9(14)11(16)13(18)12(17)10(8)15/h20H,2-7H2,1H3. The second-order valence-corrected chi connectivity index (χ2v) is 4.57. The number of nitrogens with zero attached hydrogens (tertiary/aromatic N) is 1. The summed E-state index contributed by atoms with van der Waals surface area (Å²) in [6.45, 7) is 0.117. The van der Waals surface area contributed by atoms with Gasteiger partial charge in [0, 0.05) is 18.7 Å². The molecular weight excluding hydrogens is 281 g/mol. The van der Waals surface area contributed by atoms with Gasteiger partial charge in [0.15, 0.2) is 23.3 Å². The van der Waals surface area contributed by atoms with Crippen molar-refractivity contribution in [2.75, 3.05) is 20.2 Å². The second kappa shape index (κ2) is 7.54. The molecule has 114 valence electrons. The van der Waals surface area contributed by atoms with Gasteiger partial charge in [0.1, 0.15) is 0 Å². The Balaban J connectivity index is 2.77. The van der Waals surface area contributed by atoms with Crippen molar-refractivity contribution in [3.63, 3.8) is 0 Å². The van der Waals surface area contributed by atoms with Gasteiger partial charge >= 0.3 is 0 Å². The highest BCUT2D eigenvalue weighted by atomic mass is 19.2. The number of rotatable bonds is 7. The minimum atomic E-state index is -2.14.